The van der Waals surface area contributed by atoms with Crippen molar-refractivity contribution in [2.75, 3.05) is 26.4 Å². The topological polar surface area (TPSA) is 155 Å². The van der Waals surface area contributed by atoms with Crippen LogP contribution in [0.4, 0.5) is 0 Å². The Kier molecular flexibility index (Phi) is 57.7. The van der Waals surface area contributed by atoms with Crippen LogP contribution in [0.15, 0.2) is 72.9 Å². The molecule has 2 N–H and O–H groups in total. The first-order valence-corrected chi connectivity index (χ1v) is 33.3. The Morgan fingerprint density at radius 3 is 1.03 bits per heavy atom. The number of carbonyl (C=O) groups is 3. The SMILES string of the molecule is CC/C=C\C/C=C\C/C=C\C/C=C\C/C=C\C/C=C\CCC(=O)OC(COC(=O)CCCCCCCCCCCCCCCCCCC)COP(=O)(O)OCC(CO)OC(=O)CCCCCCCCCCCCCCCCC. The molecule has 0 saturated heterocycles. The van der Waals surface area contributed by atoms with Gasteiger partial charge in [-0.25, -0.2) is 4.57 Å². The molecule has 0 aliphatic rings. The van der Waals surface area contributed by atoms with Crippen LogP contribution < -0.4 is 0 Å². The van der Waals surface area contributed by atoms with E-state index in [2.05, 4.69) is 81.5 Å². The van der Waals surface area contributed by atoms with Crippen LogP contribution in [0.5, 0.6) is 0 Å². The fourth-order valence-electron chi connectivity index (χ4n) is 8.86. The molecule has 3 atom stereocenters. The van der Waals surface area contributed by atoms with Gasteiger partial charge in [0.05, 0.1) is 19.8 Å². The molecule has 0 rings (SSSR count). The molecule has 0 fully saturated rings. The second-order valence-electron chi connectivity index (χ2n) is 21.2. The number of ether oxygens (including phenoxy) is 3. The Morgan fingerprint density at radius 1 is 0.372 bits per heavy atom. The first kappa shape index (κ1) is 74.9. The molecule has 0 spiro atoms. The van der Waals surface area contributed by atoms with Gasteiger partial charge in [-0.05, 0) is 57.8 Å². The summed E-state index contributed by atoms with van der Waals surface area (Å²) < 4.78 is 39.6. The van der Waals surface area contributed by atoms with Crippen LogP contribution in [0.1, 0.15) is 290 Å². The van der Waals surface area contributed by atoms with E-state index in [0.717, 1.165) is 77.0 Å². The summed E-state index contributed by atoms with van der Waals surface area (Å²) in [6, 6.07) is 0. The van der Waals surface area contributed by atoms with E-state index >= 15 is 0 Å². The van der Waals surface area contributed by atoms with Crippen molar-refractivity contribution in [1.82, 2.24) is 0 Å². The third-order valence-corrected chi connectivity index (χ3v) is 14.6. The fourth-order valence-corrected chi connectivity index (χ4v) is 9.64. The normalized spacial score (nSPS) is 13.8. The maximum Gasteiger partial charge on any atom is 0.472 e. The molecule has 0 aromatic heterocycles. The second-order valence-corrected chi connectivity index (χ2v) is 22.7. The smallest absolute Gasteiger partial charge is 0.462 e. The van der Waals surface area contributed by atoms with Gasteiger partial charge in [0.2, 0.25) is 0 Å². The molecule has 0 amide bonds. The molecule has 0 aromatic rings. The summed E-state index contributed by atoms with van der Waals surface area (Å²) in [6.45, 7) is 4.50. The molecule has 11 nitrogen and oxygen atoms in total. The zero-order valence-corrected chi connectivity index (χ0v) is 51.0. The fraction of sp³-hybridized carbons (Fsp3) is 0.773. The van der Waals surface area contributed by atoms with Gasteiger partial charge in [-0.3, -0.25) is 23.4 Å². The van der Waals surface area contributed by atoms with Gasteiger partial charge in [-0.1, -0.05) is 286 Å². The van der Waals surface area contributed by atoms with Crippen LogP contribution in [-0.2, 0) is 42.2 Å². The van der Waals surface area contributed by atoms with E-state index in [1.165, 1.54) is 154 Å². The van der Waals surface area contributed by atoms with Crippen molar-refractivity contribution in [2.45, 2.75) is 303 Å². The monoisotopic (exact) mass is 1120 g/mol. The zero-order valence-electron chi connectivity index (χ0n) is 50.1. The van der Waals surface area contributed by atoms with E-state index in [0.29, 0.717) is 19.3 Å². The summed E-state index contributed by atoms with van der Waals surface area (Å²) in [6.07, 6.45) is 68.7. The molecule has 3 unspecified atom stereocenters. The molecule has 78 heavy (non-hydrogen) atoms. The largest absolute Gasteiger partial charge is 0.472 e. The number of rotatable bonds is 59. The first-order valence-electron chi connectivity index (χ1n) is 31.8. The maximum atomic E-state index is 12.9. The molecule has 0 heterocycles. The van der Waals surface area contributed by atoms with Crippen LogP contribution >= 0.6 is 7.82 Å². The maximum absolute atomic E-state index is 12.9. The van der Waals surface area contributed by atoms with Crippen molar-refractivity contribution in [2.24, 2.45) is 0 Å². The van der Waals surface area contributed by atoms with E-state index < -0.39 is 57.8 Å². The molecule has 452 valence electrons. The van der Waals surface area contributed by atoms with Crippen LogP contribution in [0.3, 0.4) is 0 Å². The number of aliphatic hydroxyl groups excluding tert-OH is 1. The summed E-state index contributed by atoms with van der Waals surface area (Å²) in [4.78, 5) is 48.7. The molecular formula is C66H117O11P. The van der Waals surface area contributed by atoms with Crippen LogP contribution in [0.25, 0.3) is 0 Å². The highest BCUT2D eigenvalue weighted by molar-refractivity contribution is 7.47. The van der Waals surface area contributed by atoms with Crippen molar-refractivity contribution in [3.8, 4) is 0 Å². The van der Waals surface area contributed by atoms with Crippen molar-refractivity contribution in [3.63, 3.8) is 0 Å². The van der Waals surface area contributed by atoms with E-state index in [-0.39, 0.29) is 25.9 Å². The summed E-state index contributed by atoms with van der Waals surface area (Å²) >= 11 is 0. The number of allylic oxidation sites excluding steroid dienone is 12. The van der Waals surface area contributed by atoms with Gasteiger partial charge in [0.15, 0.2) is 6.10 Å². The lowest BCUT2D eigenvalue weighted by Crippen LogP contribution is -2.30. The molecule has 0 aliphatic heterocycles. The number of unbranched alkanes of at least 4 members (excludes halogenated alkanes) is 30. The second kappa shape index (κ2) is 60.0. The van der Waals surface area contributed by atoms with Crippen LogP contribution in [0, 0.1) is 0 Å². The Hall–Kier alpha value is -3.08. The summed E-state index contributed by atoms with van der Waals surface area (Å²) in [7, 11) is -4.77. The standard InChI is InChI=1S/C66H117O11P/c1-4-7-10-13-16-19-22-25-28-30-31-33-36-39-42-45-48-51-54-57-66(70)77-63(59-73-64(68)55-52-49-46-43-40-37-35-32-29-26-23-20-17-14-11-8-5-2)61-75-78(71,72)74-60-62(58-67)76-65(69)56-53-50-47-44-41-38-34-27-24-21-18-15-12-9-6-3/h7,10,16,19,25,28,31,33,39,42,48,51,62-63,67H,4-6,8-9,11-15,17-18,20-24,26-27,29-30,32,34-38,40-41,43-47,49-50,52-61H2,1-3H3,(H,71,72)/b10-7-,19-16-,28-25-,33-31-,42-39-,51-48-. The average molecular weight is 1120 g/mol. The predicted molar refractivity (Wildman–Crippen MR) is 325 cm³/mol. The average Bonchev–Trinajstić information content (AvgIpc) is 3.43. The number of hydrogen-bond donors (Lipinski definition) is 2. The number of phosphoric ester groups is 1. The number of carbonyl (C=O) groups excluding carboxylic acids is 3. The Morgan fingerprint density at radius 2 is 0.667 bits per heavy atom. The van der Waals surface area contributed by atoms with Crippen LogP contribution in [-0.4, -0.2) is 66.5 Å². The molecule has 0 bridgehead atoms. The Labute approximate surface area is 478 Å². The lowest BCUT2D eigenvalue weighted by Gasteiger charge is -2.21. The van der Waals surface area contributed by atoms with Gasteiger partial charge < -0.3 is 24.2 Å². The van der Waals surface area contributed by atoms with Gasteiger partial charge in [0.1, 0.15) is 12.7 Å². The Bertz CT molecular complexity index is 1590. The lowest BCUT2D eigenvalue weighted by molar-refractivity contribution is -0.161. The minimum Gasteiger partial charge on any atom is -0.462 e. The molecule has 0 saturated carbocycles. The highest BCUT2D eigenvalue weighted by Gasteiger charge is 2.28. The van der Waals surface area contributed by atoms with E-state index in [1.54, 1.807) is 0 Å². The van der Waals surface area contributed by atoms with Crippen molar-refractivity contribution >= 4 is 25.7 Å². The van der Waals surface area contributed by atoms with Gasteiger partial charge in [0.25, 0.3) is 0 Å². The summed E-state index contributed by atoms with van der Waals surface area (Å²) in [5.74, 6) is -1.55. The van der Waals surface area contributed by atoms with Gasteiger partial charge in [-0.2, -0.15) is 0 Å². The quantitative estimate of drug-likeness (QED) is 0.0197. The minimum absolute atomic E-state index is 0.0438. The highest BCUT2D eigenvalue weighted by Crippen LogP contribution is 2.43. The molecular weight excluding hydrogens is 1000 g/mol. The molecule has 12 heteroatoms. The predicted octanol–water partition coefficient (Wildman–Crippen LogP) is 19.3. The number of hydrogen-bond acceptors (Lipinski definition) is 10. The van der Waals surface area contributed by atoms with E-state index in [1.807, 2.05) is 12.2 Å². The first-order chi connectivity index (χ1) is 38.2. The molecule has 0 aromatic carbocycles. The third-order valence-electron chi connectivity index (χ3n) is 13.7. The van der Waals surface area contributed by atoms with E-state index in [9.17, 15) is 28.9 Å². The number of esters is 3. The van der Waals surface area contributed by atoms with E-state index in [4.69, 9.17) is 23.3 Å². The number of phosphoric acid groups is 1. The molecule has 0 radical (unpaired) electrons. The van der Waals surface area contributed by atoms with Gasteiger partial charge in [0, 0.05) is 19.3 Å². The zero-order chi connectivity index (χ0) is 56.9. The highest BCUT2D eigenvalue weighted by atomic mass is 31.2. The minimum atomic E-state index is -4.77. The summed E-state index contributed by atoms with van der Waals surface area (Å²) in [5, 5.41) is 9.84. The van der Waals surface area contributed by atoms with Crippen molar-refractivity contribution in [3.05, 3.63) is 72.9 Å². The van der Waals surface area contributed by atoms with Crippen LogP contribution in [0.2, 0.25) is 0 Å². The summed E-state index contributed by atoms with van der Waals surface area (Å²) in [5.41, 5.74) is 0. The van der Waals surface area contributed by atoms with Crippen molar-refractivity contribution < 1.29 is 52.2 Å². The Balaban J connectivity index is 4.78. The van der Waals surface area contributed by atoms with Gasteiger partial charge in [-0.15, -0.1) is 0 Å². The lowest BCUT2D eigenvalue weighted by atomic mass is 10.0. The third kappa shape index (κ3) is 57.6. The number of aliphatic hydroxyl groups is 1. The van der Waals surface area contributed by atoms with Crippen molar-refractivity contribution in [1.29, 1.82) is 0 Å². The molecule has 0 aliphatic carbocycles. The van der Waals surface area contributed by atoms with Gasteiger partial charge >= 0.3 is 25.7 Å².